The third-order valence-corrected chi connectivity index (χ3v) is 4.06. The van der Waals surface area contributed by atoms with Gasteiger partial charge in [0.25, 0.3) is 0 Å². The number of ether oxygens (including phenoxy) is 1. The molecule has 100 valence electrons. The summed E-state index contributed by atoms with van der Waals surface area (Å²) in [5, 5.41) is 3.52. The summed E-state index contributed by atoms with van der Waals surface area (Å²) in [6.07, 6.45) is 2.28. The number of hydrogen-bond acceptors (Lipinski definition) is 3. The Morgan fingerprint density at radius 3 is 2.72 bits per heavy atom. The van der Waals surface area contributed by atoms with Gasteiger partial charge in [0, 0.05) is 30.2 Å². The van der Waals surface area contributed by atoms with Gasteiger partial charge in [-0.15, -0.1) is 0 Å². The Kier molecular flexibility index (Phi) is 4.78. The molecule has 1 heterocycles. The van der Waals surface area contributed by atoms with Gasteiger partial charge in [-0.25, -0.2) is 0 Å². The second kappa shape index (κ2) is 6.15. The van der Waals surface area contributed by atoms with Crippen molar-refractivity contribution in [2.45, 2.75) is 31.4 Å². The van der Waals surface area contributed by atoms with E-state index in [4.69, 9.17) is 10.5 Å². The lowest BCUT2D eigenvalue weighted by Gasteiger charge is -2.27. The third-order valence-electron chi connectivity index (χ3n) is 3.53. The zero-order valence-electron chi connectivity index (χ0n) is 10.8. The molecular formula is C14H21BrN2O. The van der Waals surface area contributed by atoms with Crippen molar-refractivity contribution >= 4 is 15.9 Å². The monoisotopic (exact) mass is 312 g/mol. The zero-order chi connectivity index (χ0) is 13.0. The van der Waals surface area contributed by atoms with E-state index in [9.17, 15) is 0 Å². The largest absolute Gasteiger partial charge is 0.374 e. The lowest BCUT2D eigenvalue weighted by Crippen LogP contribution is -2.40. The van der Waals surface area contributed by atoms with Gasteiger partial charge in [0.05, 0.1) is 5.60 Å². The molecule has 3 N–H and O–H groups in total. The smallest absolute Gasteiger partial charge is 0.0779 e. The molecule has 0 amide bonds. The molecule has 1 aliphatic rings. The van der Waals surface area contributed by atoms with Crippen molar-refractivity contribution in [3.63, 3.8) is 0 Å². The molecule has 0 spiro atoms. The highest BCUT2D eigenvalue weighted by atomic mass is 79.9. The Morgan fingerprint density at radius 1 is 1.44 bits per heavy atom. The fraction of sp³-hybridized carbons (Fsp3) is 0.571. The summed E-state index contributed by atoms with van der Waals surface area (Å²) >= 11 is 3.45. The van der Waals surface area contributed by atoms with Crippen molar-refractivity contribution in [3.05, 3.63) is 34.3 Å². The van der Waals surface area contributed by atoms with Crippen LogP contribution >= 0.6 is 15.9 Å². The molecule has 0 aliphatic carbocycles. The Balaban J connectivity index is 1.95. The maximum atomic E-state index is 5.86. The fourth-order valence-electron chi connectivity index (χ4n) is 2.35. The fourth-order valence-corrected chi connectivity index (χ4v) is 2.61. The summed E-state index contributed by atoms with van der Waals surface area (Å²) in [7, 11) is 0. The highest BCUT2D eigenvalue weighted by molar-refractivity contribution is 9.10. The van der Waals surface area contributed by atoms with Crippen molar-refractivity contribution in [2.75, 3.05) is 19.7 Å². The maximum Gasteiger partial charge on any atom is 0.0779 e. The first kappa shape index (κ1) is 14.0. The van der Waals surface area contributed by atoms with Crippen LogP contribution < -0.4 is 11.1 Å². The number of benzene rings is 1. The van der Waals surface area contributed by atoms with E-state index in [1.807, 2.05) is 12.1 Å². The first-order valence-corrected chi connectivity index (χ1v) is 7.25. The average molecular weight is 313 g/mol. The molecule has 0 radical (unpaired) electrons. The predicted octanol–water partition coefficient (Wildman–Crippen LogP) is 2.61. The van der Waals surface area contributed by atoms with Gasteiger partial charge in [-0.05, 0) is 37.5 Å². The summed E-state index contributed by atoms with van der Waals surface area (Å²) in [4.78, 5) is 0. The van der Waals surface area contributed by atoms with Crippen LogP contribution in [0.25, 0.3) is 0 Å². The van der Waals surface area contributed by atoms with Crippen molar-refractivity contribution in [2.24, 2.45) is 5.73 Å². The first-order chi connectivity index (χ1) is 8.63. The van der Waals surface area contributed by atoms with Gasteiger partial charge < -0.3 is 15.8 Å². The van der Waals surface area contributed by atoms with Gasteiger partial charge in [-0.3, -0.25) is 0 Å². The van der Waals surface area contributed by atoms with E-state index in [0.29, 0.717) is 6.54 Å². The second-order valence-electron chi connectivity index (χ2n) is 5.12. The van der Waals surface area contributed by atoms with Crippen molar-refractivity contribution in [1.82, 2.24) is 5.32 Å². The molecule has 1 aromatic rings. The van der Waals surface area contributed by atoms with Crippen LogP contribution in [0.3, 0.4) is 0 Å². The Hall–Kier alpha value is -0.420. The van der Waals surface area contributed by atoms with E-state index in [-0.39, 0.29) is 11.6 Å². The molecule has 2 rings (SSSR count). The quantitative estimate of drug-likeness (QED) is 0.878. The third kappa shape index (κ3) is 3.54. The summed E-state index contributed by atoms with van der Waals surface area (Å²) in [5.41, 5.74) is 7.06. The minimum absolute atomic E-state index is 0.0250. The molecule has 4 heteroatoms. The van der Waals surface area contributed by atoms with Crippen LogP contribution in [0.4, 0.5) is 0 Å². The molecule has 0 saturated carbocycles. The van der Waals surface area contributed by atoms with Gasteiger partial charge in [0.2, 0.25) is 0 Å². The lowest BCUT2D eigenvalue weighted by molar-refractivity contribution is 0.0189. The number of nitrogens with one attached hydrogen (secondary N) is 1. The number of halogens is 1. The van der Waals surface area contributed by atoms with E-state index in [2.05, 4.69) is 40.3 Å². The molecule has 18 heavy (non-hydrogen) atoms. The molecule has 1 fully saturated rings. The summed E-state index contributed by atoms with van der Waals surface area (Å²) < 4.78 is 6.87. The summed E-state index contributed by atoms with van der Waals surface area (Å²) in [6.45, 7) is 4.49. The van der Waals surface area contributed by atoms with Crippen LogP contribution in [-0.4, -0.2) is 25.3 Å². The molecule has 3 nitrogen and oxygen atoms in total. The first-order valence-electron chi connectivity index (χ1n) is 6.46. The van der Waals surface area contributed by atoms with Crippen LogP contribution in [0.2, 0.25) is 0 Å². The average Bonchev–Trinajstić information content (AvgIpc) is 2.79. The zero-order valence-corrected chi connectivity index (χ0v) is 12.4. The molecule has 1 aromatic carbocycles. The molecular weight excluding hydrogens is 292 g/mol. The Bertz CT molecular complexity index is 374. The molecule has 2 atom stereocenters. The molecule has 0 bridgehead atoms. The highest BCUT2D eigenvalue weighted by Crippen LogP contribution is 2.25. The van der Waals surface area contributed by atoms with Crippen molar-refractivity contribution in [1.29, 1.82) is 0 Å². The van der Waals surface area contributed by atoms with Gasteiger partial charge >= 0.3 is 0 Å². The standard InChI is InChI=1S/C14H21BrN2O/c1-14(7-2-8-18-14)10-17-13(9-16)11-3-5-12(15)6-4-11/h3-6,13,17H,2,7-10,16H2,1H3. The predicted molar refractivity (Wildman–Crippen MR) is 77.5 cm³/mol. The minimum atomic E-state index is -0.0250. The van der Waals surface area contributed by atoms with E-state index >= 15 is 0 Å². The number of rotatable bonds is 5. The second-order valence-corrected chi connectivity index (χ2v) is 6.04. The molecule has 1 aliphatic heterocycles. The van der Waals surface area contributed by atoms with Crippen LogP contribution in [0.5, 0.6) is 0 Å². The summed E-state index contributed by atoms with van der Waals surface area (Å²) in [6, 6.07) is 8.50. The Labute approximate surface area is 117 Å². The molecule has 2 unspecified atom stereocenters. The highest BCUT2D eigenvalue weighted by Gasteiger charge is 2.30. The number of nitrogens with two attached hydrogens (primary N) is 1. The molecule has 0 aromatic heterocycles. The van der Waals surface area contributed by atoms with E-state index in [1.54, 1.807) is 0 Å². The van der Waals surface area contributed by atoms with E-state index < -0.39 is 0 Å². The SMILES string of the molecule is CC1(CNC(CN)c2ccc(Br)cc2)CCCO1. The topological polar surface area (TPSA) is 47.3 Å². The summed E-state index contributed by atoms with van der Waals surface area (Å²) in [5.74, 6) is 0. The van der Waals surface area contributed by atoms with Crippen LogP contribution in [-0.2, 0) is 4.74 Å². The van der Waals surface area contributed by atoms with Gasteiger partial charge in [-0.2, -0.15) is 0 Å². The van der Waals surface area contributed by atoms with Crippen LogP contribution in [0, 0.1) is 0 Å². The normalized spacial score (nSPS) is 25.3. The lowest BCUT2D eigenvalue weighted by atomic mass is 10.0. The van der Waals surface area contributed by atoms with Crippen molar-refractivity contribution < 1.29 is 4.74 Å². The maximum absolute atomic E-state index is 5.86. The minimum Gasteiger partial charge on any atom is -0.374 e. The van der Waals surface area contributed by atoms with Crippen molar-refractivity contribution in [3.8, 4) is 0 Å². The number of hydrogen-bond donors (Lipinski definition) is 2. The Morgan fingerprint density at radius 2 is 2.17 bits per heavy atom. The van der Waals surface area contributed by atoms with E-state index in [1.165, 1.54) is 5.56 Å². The van der Waals surface area contributed by atoms with Gasteiger partial charge in [0.15, 0.2) is 0 Å². The van der Waals surface area contributed by atoms with Gasteiger partial charge in [-0.1, -0.05) is 28.1 Å². The van der Waals surface area contributed by atoms with Crippen LogP contribution in [0.1, 0.15) is 31.4 Å². The van der Waals surface area contributed by atoms with Crippen LogP contribution in [0.15, 0.2) is 28.7 Å². The van der Waals surface area contributed by atoms with E-state index in [0.717, 1.165) is 30.5 Å². The molecule has 1 saturated heterocycles. The van der Waals surface area contributed by atoms with Gasteiger partial charge in [0.1, 0.15) is 0 Å².